The topological polar surface area (TPSA) is 60.2 Å². The van der Waals surface area contributed by atoms with Crippen molar-refractivity contribution in [1.82, 2.24) is 0 Å². The molecule has 0 heterocycles. The number of hydrogen-bond acceptors (Lipinski definition) is 2. The molecule has 98 valence electrons. The Bertz CT molecular complexity index is 456. The van der Waals surface area contributed by atoms with Gasteiger partial charge in [0.2, 0.25) is 10.0 Å². The van der Waals surface area contributed by atoms with Crippen LogP contribution in [0.3, 0.4) is 0 Å². The first-order chi connectivity index (χ1) is 7.42. The minimum Gasteiger partial charge on any atom is -0.228 e. The summed E-state index contributed by atoms with van der Waals surface area (Å²) in [4.78, 5) is 0. The fourth-order valence-corrected chi connectivity index (χ4v) is 3.53. The molecule has 1 aliphatic carbocycles. The van der Waals surface area contributed by atoms with Crippen LogP contribution in [0.15, 0.2) is 23.8 Å². The van der Waals surface area contributed by atoms with Gasteiger partial charge in [0, 0.05) is 5.41 Å². The molecule has 2 N–H and O–H groups in total. The second-order valence-electron chi connectivity index (χ2n) is 6.65. The van der Waals surface area contributed by atoms with Crippen LogP contribution < -0.4 is 56.5 Å². The monoisotopic (exact) mass is 296 g/mol. The molecule has 0 amide bonds. The van der Waals surface area contributed by atoms with Gasteiger partial charge in [-0.3, -0.25) is 0 Å². The maximum atomic E-state index is 11.5. The van der Waals surface area contributed by atoms with Crippen molar-refractivity contribution in [2.45, 2.75) is 46.3 Å². The van der Waals surface area contributed by atoms with E-state index in [0.717, 1.165) is 6.42 Å². The van der Waals surface area contributed by atoms with Crippen molar-refractivity contribution in [3.8, 4) is 0 Å². The van der Waals surface area contributed by atoms with E-state index in [-0.39, 0.29) is 56.8 Å². The zero-order valence-electron chi connectivity index (χ0n) is 12.3. The first-order valence-electron chi connectivity index (χ1n) is 5.83. The quantitative estimate of drug-likeness (QED) is 0.705. The molecule has 0 radical (unpaired) electrons. The number of primary sulfonamides is 1. The Morgan fingerprint density at radius 2 is 1.83 bits per heavy atom. The molecule has 0 fully saturated rings. The van der Waals surface area contributed by atoms with Crippen molar-refractivity contribution in [2.75, 3.05) is 0 Å². The van der Waals surface area contributed by atoms with Crippen molar-refractivity contribution in [1.29, 1.82) is 0 Å². The van der Waals surface area contributed by atoms with E-state index in [1.165, 1.54) is 5.57 Å². The van der Waals surface area contributed by atoms with E-state index in [0.29, 0.717) is 0 Å². The summed E-state index contributed by atoms with van der Waals surface area (Å²) in [6.07, 6.45) is 6.58. The summed E-state index contributed by atoms with van der Waals surface area (Å²) in [5, 5.41) is 4.62. The Hall–Kier alpha value is 1.03. The Morgan fingerprint density at radius 1 is 1.33 bits per heavy atom. The Labute approximate surface area is 154 Å². The van der Waals surface area contributed by atoms with Gasteiger partial charge in [0.25, 0.3) is 0 Å². The van der Waals surface area contributed by atoms with E-state index < -0.39 is 20.7 Å². The van der Waals surface area contributed by atoms with Gasteiger partial charge in [-0.05, 0) is 11.8 Å². The summed E-state index contributed by atoms with van der Waals surface area (Å²) in [7, 11) is -3.53. The van der Waals surface area contributed by atoms with Crippen LogP contribution >= 0.6 is 0 Å². The molecule has 18 heavy (non-hydrogen) atoms. The van der Waals surface area contributed by atoms with Crippen LogP contribution in [-0.2, 0) is 10.0 Å². The second kappa shape index (κ2) is 6.20. The summed E-state index contributed by atoms with van der Waals surface area (Å²) >= 11 is 0. The summed E-state index contributed by atoms with van der Waals surface area (Å²) in [6, 6.07) is 0. The van der Waals surface area contributed by atoms with E-state index in [1.54, 1.807) is 6.08 Å². The average Bonchev–Trinajstić information content (AvgIpc) is 1.94. The minimum absolute atomic E-state index is 0. The second-order valence-corrected chi connectivity index (χ2v) is 8.33. The molecular weight excluding hydrogens is 273 g/mol. The fourth-order valence-electron chi connectivity index (χ4n) is 2.32. The molecule has 0 spiro atoms. The van der Waals surface area contributed by atoms with Crippen molar-refractivity contribution < 1.29 is 59.8 Å². The normalized spacial score (nSPS) is 23.2. The molecule has 1 aliphatic rings. The molecule has 1 unspecified atom stereocenters. The van der Waals surface area contributed by atoms with Gasteiger partial charge < -0.3 is 0 Å². The van der Waals surface area contributed by atoms with Gasteiger partial charge in [0.15, 0.2) is 0 Å². The van der Waals surface area contributed by atoms with Gasteiger partial charge in [-0.15, -0.1) is 0 Å². The number of rotatable bonds is 2. The van der Waals surface area contributed by atoms with E-state index in [4.69, 9.17) is 5.14 Å². The predicted molar refractivity (Wildman–Crippen MR) is 72.0 cm³/mol. The van der Waals surface area contributed by atoms with Gasteiger partial charge in [0.05, 0.1) is 0 Å². The van der Waals surface area contributed by atoms with Crippen LogP contribution in [0.5, 0.6) is 0 Å². The maximum absolute atomic E-state index is 11.5. The largest absolute Gasteiger partial charge is 1.00 e. The van der Waals surface area contributed by atoms with E-state index in [1.807, 2.05) is 26.0 Å². The molecule has 0 saturated heterocycles. The molecule has 0 aromatic carbocycles. The van der Waals surface area contributed by atoms with Gasteiger partial charge in [-0.1, -0.05) is 58.4 Å². The maximum Gasteiger partial charge on any atom is 1.00 e. The van der Waals surface area contributed by atoms with Crippen LogP contribution in [0.1, 0.15) is 41.0 Å². The van der Waals surface area contributed by atoms with Gasteiger partial charge in [0.1, 0.15) is 5.25 Å². The van der Waals surface area contributed by atoms with Gasteiger partial charge >= 0.3 is 51.4 Å². The molecule has 0 saturated carbocycles. The van der Waals surface area contributed by atoms with Crippen molar-refractivity contribution in [2.24, 2.45) is 16.0 Å². The van der Waals surface area contributed by atoms with Crippen LogP contribution in [-0.4, -0.2) is 13.7 Å². The molecule has 1 atom stereocenters. The van der Waals surface area contributed by atoms with E-state index in [2.05, 4.69) is 20.8 Å². The summed E-state index contributed by atoms with van der Waals surface area (Å²) in [6.45, 7) is 10.3. The molecule has 0 aromatic rings. The molecule has 0 aromatic heterocycles. The summed E-state index contributed by atoms with van der Waals surface area (Å²) in [5.41, 5.74) is 0.936. The molecular formula is C13H23KNO2S+. The van der Waals surface area contributed by atoms with Gasteiger partial charge in [-0.2, -0.15) is 0 Å². The predicted octanol–water partition coefficient (Wildman–Crippen LogP) is -0.394. The standard InChI is InChI=1S/C13H23NO2S.K/c1-12(2,3)8-10-6-7-11(17(14,15)16)13(4,5)9-10;/h6-7,9,11H,8H2,1-5H3,(H2,14,15,16);/q;+1. The smallest absolute Gasteiger partial charge is 0.228 e. The Morgan fingerprint density at radius 3 is 2.17 bits per heavy atom. The Balaban J connectivity index is 0.00000289. The van der Waals surface area contributed by atoms with Crippen LogP contribution in [0.25, 0.3) is 0 Å². The molecule has 3 nitrogen and oxygen atoms in total. The third-order valence-corrected chi connectivity index (χ3v) is 4.34. The van der Waals surface area contributed by atoms with E-state index >= 15 is 0 Å². The van der Waals surface area contributed by atoms with E-state index in [9.17, 15) is 8.42 Å². The first-order valence-corrected chi connectivity index (χ1v) is 7.44. The Kier molecular flexibility index (Phi) is 6.56. The number of hydrogen-bond donors (Lipinski definition) is 1. The van der Waals surface area contributed by atoms with Crippen molar-refractivity contribution >= 4 is 10.0 Å². The molecule has 5 heteroatoms. The number of nitrogens with two attached hydrogens (primary N) is 1. The first kappa shape index (κ1) is 19.0. The molecule has 1 rings (SSSR count). The van der Waals surface area contributed by atoms with Crippen LogP contribution in [0.4, 0.5) is 0 Å². The van der Waals surface area contributed by atoms with Crippen LogP contribution in [0, 0.1) is 10.8 Å². The summed E-state index contributed by atoms with van der Waals surface area (Å²) < 4.78 is 23.0. The summed E-state index contributed by atoms with van der Waals surface area (Å²) in [5.74, 6) is 0. The zero-order valence-corrected chi connectivity index (χ0v) is 16.3. The fraction of sp³-hybridized carbons (Fsp3) is 0.692. The minimum atomic E-state index is -3.53. The van der Waals surface area contributed by atoms with Crippen LogP contribution in [0.2, 0.25) is 0 Å². The molecule has 0 bridgehead atoms. The third kappa shape index (κ3) is 5.57. The average molecular weight is 296 g/mol. The number of sulfonamides is 1. The zero-order chi connectivity index (χ0) is 13.5. The number of allylic oxidation sites excluding steroid dienone is 3. The van der Waals surface area contributed by atoms with Gasteiger partial charge in [-0.25, -0.2) is 13.6 Å². The SMILES string of the molecule is CC(C)(C)CC1=CC(C)(C)C(S(N)(=O)=O)C=C1.[K+]. The van der Waals surface area contributed by atoms with Crippen molar-refractivity contribution in [3.05, 3.63) is 23.8 Å². The molecule has 0 aliphatic heterocycles. The third-order valence-electron chi connectivity index (χ3n) is 2.86. The van der Waals surface area contributed by atoms with Crippen molar-refractivity contribution in [3.63, 3.8) is 0 Å².